The van der Waals surface area contributed by atoms with Crippen LogP contribution in [0.1, 0.15) is 15.9 Å². The molecule has 0 spiro atoms. The molecular formula is C13H5Br2F3O. The largest absolute Gasteiger partial charge is 0.288 e. The smallest absolute Gasteiger partial charge is 0.196 e. The molecule has 1 nitrogen and oxygen atoms in total. The molecule has 2 aromatic rings. The minimum atomic E-state index is -0.876. The van der Waals surface area contributed by atoms with Crippen LogP contribution >= 0.6 is 31.9 Å². The Bertz CT molecular complexity index is 651. The van der Waals surface area contributed by atoms with E-state index >= 15 is 0 Å². The van der Waals surface area contributed by atoms with Crippen LogP contribution in [0.4, 0.5) is 13.2 Å². The van der Waals surface area contributed by atoms with Gasteiger partial charge in [-0.1, -0.05) is 15.9 Å². The number of carbonyl (C=O) groups is 1. The van der Waals surface area contributed by atoms with Crippen LogP contribution in [0.25, 0.3) is 0 Å². The molecule has 0 atom stereocenters. The predicted molar refractivity (Wildman–Crippen MR) is 71.6 cm³/mol. The minimum Gasteiger partial charge on any atom is -0.288 e. The van der Waals surface area contributed by atoms with Gasteiger partial charge in [0.2, 0.25) is 0 Å². The van der Waals surface area contributed by atoms with Gasteiger partial charge in [-0.25, -0.2) is 13.2 Å². The molecule has 6 heteroatoms. The van der Waals surface area contributed by atoms with E-state index in [1.54, 1.807) is 0 Å². The first-order chi connectivity index (χ1) is 8.88. The molecule has 0 aliphatic heterocycles. The molecule has 0 heterocycles. The predicted octanol–water partition coefficient (Wildman–Crippen LogP) is 4.86. The Hall–Kier alpha value is -1.14. The first kappa shape index (κ1) is 14.3. The Morgan fingerprint density at radius 3 is 2.21 bits per heavy atom. The molecule has 2 aromatic carbocycles. The molecule has 0 radical (unpaired) electrons. The van der Waals surface area contributed by atoms with E-state index in [0.29, 0.717) is 4.47 Å². The Labute approximate surface area is 123 Å². The van der Waals surface area contributed by atoms with Crippen LogP contribution in [0.5, 0.6) is 0 Å². The van der Waals surface area contributed by atoms with Crippen LogP contribution < -0.4 is 0 Å². The Morgan fingerprint density at radius 1 is 0.895 bits per heavy atom. The second kappa shape index (κ2) is 5.46. The highest BCUT2D eigenvalue weighted by Crippen LogP contribution is 2.23. The molecule has 0 bridgehead atoms. The molecule has 0 aromatic heterocycles. The van der Waals surface area contributed by atoms with Gasteiger partial charge in [-0.15, -0.1) is 0 Å². The third kappa shape index (κ3) is 3.06. The summed E-state index contributed by atoms with van der Waals surface area (Å²) in [7, 11) is 0. The van der Waals surface area contributed by atoms with Crippen LogP contribution in [0.15, 0.2) is 39.3 Å². The minimum absolute atomic E-state index is 0.0625. The van der Waals surface area contributed by atoms with Gasteiger partial charge >= 0.3 is 0 Å². The molecule has 0 aliphatic carbocycles. The van der Waals surface area contributed by atoms with E-state index in [4.69, 9.17) is 0 Å². The second-order valence-electron chi connectivity index (χ2n) is 3.73. The fraction of sp³-hybridized carbons (Fsp3) is 0. The zero-order valence-electron chi connectivity index (χ0n) is 9.18. The zero-order chi connectivity index (χ0) is 14.2. The van der Waals surface area contributed by atoms with E-state index in [9.17, 15) is 18.0 Å². The molecule has 0 saturated heterocycles. The lowest BCUT2D eigenvalue weighted by molar-refractivity contribution is 0.103. The zero-order valence-corrected chi connectivity index (χ0v) is 12.4. The molecule has 0 amide bonds. The van der Waals surface area contributed by atoms with Crippen molar-refractivity contribution in [3.63, 3.8) is 0 Å². The van der Waals surface area contributed by atoms with Crippen molar-refractivity contribution in [1.82, 2.24) is 0 Å². The van der Waals surface area contributed by atoms with Crippen LogP contribution in [0.2, 0.25) is 0 Å². The van der Waals surface area contributed by atoms with Gasteiger partial charge in [0.1, 0.15) is 17.5 Å². The maximum Gasteiger partial charge on any atom is 0.196 e. The van der Waals surface area contributed by atoms with Gasteiger partial charge in [-0.3, -0.25) is 4.79 Å². The third-order valence-corrected chi connectivity index (χ3v) is 3.44. The summed E-state index contributed by atoms with van der Waals surface area (Å²) in [6, 6.07) is 5.10. The monoisotopic (exact) mass is 392 g/mol. The Balaban J connectivity index is 2.53. The van der Waals surface area contributed by atoms with E-state index in [1.807, 2.05) is 0 Å². The number of hydrogen-bond acceptors (Lipinski definition) is 1. The number of ketones is 1. The highest BCUT2D eigenvalue weighted by molar-refractivity contribution is 9.10. The van der Waals surface area contributed by atoms with Crippen LogP contribution in [-0.2, 0) is 0 Å². The van der Waals surface area contributed by atoms with Gasteiger partial charge in [-0.2, -0.15) is 0 Å². The van der Waals surface area contributed by atoms with Crippen molar-refractivity contribution in [2.24, 2.45) is 0 Å². The van der Waals surface area contributed by atoms with Crippen molar-refractivity contribution >= 4 is 37.6 Å². The summed E-state index contributed by atoms with van der Waals surface area (Å²) in [4.78, 5) is 12.0. The van der Waals surface area contributed by atoms with Crippen LogP contribution in [0, 0.1) is 17.5 Å². The molecule has 0 N–H and O–H groups in total. The van der Waals surface area contributed by atoms with Crippen LogP contribution in [-0.4, -0.2) is 5.78 Å². The first-order valence-corrected chi connectivity index (χ1v) is 6.62. The van der Waals surface area contributed by atoms with Crippen molar-refractivity contribution in [1.29, 1.82) is 0 Å². The first-order valence-electron chi connectivity index (χ1n) is 5.04. The number of carbonyl (C=O) groups excluding carboxylic acids is 1. The number of hydrogen-bond donors (Lipinski definition) is 0. The average molecular weight is 394 g/mol. The summed E-state index contributed by atoms with van der Waals surface area (Å²) in [5, 5.41) is 0. The van der Waals surface area contributed by atoms with E-state index in [2.05, 4.69) is 31.9 Å². The van der Waals surface area contributed by atoms with Gasteiger partial charge in [0.25, 0.3) is 0 Å². The number of benzene rings is 2. The van der Waals surface area contributed by atoms with E-state index < -0.39 is 28.8 Å². The lowest BCUT2D eigenvalue weighted by Crippen LogP contribution is -2.06. The standard InChI is InChI=1S/C13H5Br2F3O/c14-7-1-6(2-8(16)3-7)13(19)9-4-12(18)10(15)5-11(9)17/h1-5H. The second-order valence-corrected chi connectivity index (χ2v) is 5.50. The van der Waals surface area contributed by atoms with Gasteiger partial charge in [0.15, 0.2) is 5.78 Å². The fourth-order valence-corrected chi connectivity index (χ4v) is 2.32. The summed E-state index contributed by atoms with van der Waals surface area (Å²) < 4.78 is 40.4. The third-order valence-electron chi connectivity index (χ3n) is 2.38. The highest BCUT2D eigenvalue weighted by atomic mass is 79.9. The molecular weight excluding hydrogens is 389 g/mol. The number of rotatable bonds is 2. The van der Waals surface area contributed by atoms with Crippen molar-refractivity contribution in [2.75, 3.05) is 0 Å². The SMILES string of the molecule is O=C(c1cc(F)cc(Br)c1)c1cc(F)c(Br)cc1F. The van der Waals surface area contributed by atoms with Gasteiger partial charge in [0, 0.05) is 10.0 Å². The Morgan fingerprint density at radius 2 is 1.58 bits per heavy atom. The lowest BCUT2D eigenvalue weighted by Gasteiger charge is -2.05. The summed E-state index contributed by atoms with van der Waals surface area (Å²) in [6.07, 6.45) is 0. The highest BCUT2D eigenvalue weighted by Gasteiger charge is 2.18. The maximum absolute atomic E-state index is 13.6. The average Bonchev–Trinajstić information content (AvgIpc) is 2.31. The molecule has 0 aliphatic rings. The van der Waals surface area contributed by atoms with Crippen LogP contribution in [0.3, 0.4) is 0 Å². The molecule has 98 valence electrons. The van der Waals surface area contributed by atoms with Crippen molar-refractivity contribution in [3.05, 3.63) is 67.9 Å². The van der Waals surface area contributed by atoms with Crippen molar-refractivity contribution in [3.8, 4) is 0 Å². The molecule has 0 fully saturated rings. The topological polar surface area (TPSA) is 17.1 Å². The normalized spacial score (nSPS) is 10.6. The van der Waals surface area contributed by atoms with Crippen molar-refractivity contribution < 1.29 is 18.0 Å². The maximum atomic E-state index is 13.6. The van der Waals surface area contributed by atoms with E-state index in [1.165, 1.54) is 6.07 Å². The molecule has 2 rings (SSSR count). The Kier molecular flexibility index (Phi) is 4.10. The fourth-order valence-electron chi connectivity index (χ4n) is 1.54. The summed E-state index contributed by atoms with van der Waals surface area (Å²) >= 11 is 5.85. The van der Waals surface area contributed by atoms with Gasteiger partial charge < -0.3 is 0 Å². The molecule has 19 heavy (non-hydrogen) atoms. The summed E-state index contributed by atoms with van der Waals surface area (Å²) in [5.74, 6) is -3.07. The summed E-state index contributed by atoms with van der Waals surface area (Å²) in [5.41, 5.74) is -0.509. The van der Waals surface area contributed by atoms with E-state index in [-0.39, 0.29) is 10.0 Å². The number of halogens is 5. The van der Waals surface area contributed by atoms with E-state index in [0.717, 1.165) is 24.3 Å². The lowest BCUT2D eigenvalue weighted by atomic mass is 10.0. The summed E-state index contributed by atoms with van der Waals surface area (Å²) in [6.45, 7) is 0. The van der Waals surface area contributed by atoms with Gasteiger partial charge in [0.05, 0.1) is 10.0 Å². The van der Waals surface area contributed by atoms with Gasteiger partial charge in [-0.05, 0) is 46.3 Å². The molecule has 0 saturated carbocycles. The molecule has 0 unspecified atom stereocenters. The quantitative estimate of drug-likeness (QED) is 0.526. The van der Waals surface area contributed by atoms with Crippen molar-refractivity contribution in [2.45, 2.75) is 0 Å².